The zero-order valence-corrected chi connectivity index (χ0v) is 22.6. The zero-order valence-electron chi connectivity index (χ0n) is 22.6. The predicted molar refractivity (Wildman–Crippen MR) is 134 cm³/mol. The molecule has 2 heterocycles. The molecule has 4 saturated carbocycles. The van der Waals surface area contributed by atoms with Crippen molar-refractivity contribution in [3.8, 4) is 0 Å². The standard InChI is InChI=1S/C29H44O9/c1-16-25(33)22(31)12-24(37-16)38-18-3-8-27(15-30)20-4-7-26(2)19(17-11-23(32)36-14-17)6-10-29(26,35)21(20)5-9-28(27,34)13-18/h11,16,18-22,24-25,30-31,33-35H,3-10,12-15H2,1-2H3/t16-,18+,19-,20-,21+,22+,24+,25-,26+,27-,28-,29-/m0/s1. The third-order valence-corrected chi connectivity index (χ3v) is 12.1. The summed E-state index contributed by atoms with van der Waals surface area (Å²) in [6.45, 7) is 4.05. The first-order valence-corrected chi connectivity index (χ1v) is 14.6. The third kappa shape index (κ3) is 3.72. The first kappa shape index (κ1) is 27.1. The molecule has 9 nitrogen and oxygen atoms in total. The molecule has 2 aliphatic heterocycles. The van der Waals surface area contributed by atoms with Gasteiger partial charge in [-0.2, -0.15) is 0 Å². The number of ether oxygens (including phenoxy) is 3. The van der Waals surface area contributed by atoms with Crippen LogP contribution in [0, 0.1) is 28.6 Å². The van der Waals surface area contributed by atoms with Crippen molar-refractivity contribution in [2.24, 2.45) is 28.6 Å². The van der Waals surface area contributed by atoms with Crippen molar-refractivity contribution in [3.05, 3.63) is 11.6 Å². The summed E-state index contributed by atoms with van der Waals surface area (Å²) in [6, 6.07) is 0. The molecule has 0 bridgehead atoms. The highest BCUT2D eigenvalue weighted by molar-refractivity contribution is 5.85. The van der Waals surface area contributed by atoms with Crippen molar-refractivity contribution in [2.75, 3.05) is 13.2 Å². The van der Waals surface area contributed by atoms with Gasteiger partial charge in [0.2, 0.25) is 0 Å². The highest BCUT2D eigenvalue weighted by Gasteiger charge is 2.71. The Balaban J connectivity index is 1.21. The van der Waals surface area contributed by atoms with Gasteiger partial charge >= 0.3 is 5.97 Å². The van der Waals surface area contributed by atoms with Gasteiger partial charge in [0.15, 0.2) is 6.29 Å². The van der Waals surface area contributed by atoms with Crippen LogP contribution >= 0.6 is 0 Å². The Morgan fingerprint density at radius 1 is 1.05 bits per heavy atom. The topological polar surface area (TPSA) is 146 Å². The molecule has 4 aliphatic carbocycles. The van der Waals surface area contributed by atoms with E-state index in [1.165, 1.54) is 0 Å². The van der Waals surface area contributed by atoms with Crippen LogP contribution in [-0.2, 0) is 19.0 Å². The quantitative estimate of drug-likeness (QED) is 0.267. The van der Waals surface area contributed by atoms with Gasteiger partial charge in [-0.25, -0.2) is 4.79 Å². The van der Waals surface area contributed by atoms with Gasteiger partial charge in [0.05, 0.1) is 36.1 Å². The van der Waals surface area contributed by atoms with E-state index in [4.69, 9.17) is 14.2 Å². The highest BCUT2D eigenvalue weighted by atomic mass is 16.7. The first-order chi connectivity index (χ1) is 18.0. The minimum atomic E-state index is -1.12. The summed E-state index contributed by atoms with van der Waals surface area (Å²) in [5.74, 6) is -0.245. The number of fused-ring (bicyclic) bond motifs is 5. The Morgan fingerprint density at radius 3 is 2.50 bits per heavy atom. The average molecular weight is 537 g/mol. The number of rotatable bonds is 4. The molecule has 9 heteroatoms. The van der Waals surface area contributed by atoms with Gasteiger partial charge in [-0.3, -0.25) is 0 Å². The molecule has 12 atom stereocenters. The maximum atomic E-state index is 12.4. The molecule has 0 aromatic heterocycles. The van der Waals surface area contributed by atoms with Gasteiger partial charge in [-0.1, -0.05) is 6.92 Å². The second-order valence-corrected chi connectivity index (χ2v) is 13.5. The molecule has 38 heavy (non-hydrogen) atoms. The van der Waals surface area contributed by atoms with Gasteiger partial charge in [0.1, 0.15) is 12.7 Å². The van der Waals surface area contributed by atoms with Crippen LogP contribution in [0.15, 0.2) is 11.6 Å². The molecule has 1 saturated heterocycles. The lowest BCUT2D eigenvalue weighted by molar-refractivity contribution is -0.297. The Hall–Kier alpha value is -1.07. The monoisotopic (exact) mass is 536 g/mol. The van der Waals surface area contributed by atoms with E-state index in [0.29, 0.717) is 45.1 Å². The van der Waals surface area contributed by atoms with E-state index in [9.17, 15) is 30.3 Å². The molecule has 0 aromatic carbocycles. The second-order valence-electron chi connectivity index (χ2n) is 13.5. The normalized spacial score (nSPS) is 54.5. The fraction of sp³-hybridized carbons (Fsp3) is 0.897. The molecular weight excluding hydrogens is 492 g/mol. The van der Waals surface area contributed by atoms with Crippen molar-refractivity contribution in [1.82, 2.24) is 0 Å². The van der Waals surface area contributed by atoms with Crippen LogP contribution in [0.1, 0.15) is 78.1 Å². The summed E-state index contributed by atoms with van der Waals surface area (Å²) in [4.78, 5) is 11.8. The Morgan fingerprint density at radius 2 is 1.82 bits per heavy atom. The maximum absolute atomic E-state index is 12.4. The molecule has 0 unspecified atom stereocenters. The van der Waals surface area contributed by atoms with Crippen LogP contribution in [-0.4, -0.2) is 86.6 Å². The Labute approximate surface area is 224 Å². The lowest BCUT2D eigenvalue weighted by atomic mass is 9.41. The lowest BCUT2D eigenvalue weighted by Gasteiger charge is -2.66. The number of esters is 1. The van der Waals surface area contributed by atoms with Gasteiger partial charge in [-0.05, 0) is 81.6 Å². The van der Waals surface area contributed by atoms with Crippen LogP contribution in [0.2, 0.25) is 0 Å². The van der Waals surface area contributed by atoms with Crippen molar-refractivity contribution in [3.63, 3.8) is 0 Å². The maximum Gasteiger partial charge on any atom is 0.331 e. The van der Waals surface area contributed by atoms with Gasteiger partial charge in [-0.15, -0.1) is 0 Å². The Kier molecular flexibility index (Phi) is 6.58. The molecule has 0 radical (unpaired) electrons. The van der Waals surface area contributed by atoms with E-state index in [-0.39, 0.29) is 48.3 Å². The zero-order chi connectivity index (χ0) is 27.1. The summed E-state index contributed by atoms with van der Waals surface area (Å²) >= 11 is 0. The predicted octanol–water partition coefficient (Wildman–Crippen LogP) is 1.57. The molecule has 214 valence electrons. The van der Waals surface area contributed by atoms with Crippen LogP contribution in [0.3, 0.4) is 0 Å². The van der Waals surface area contributed by atoms with E-state index in [1.807, 2.05) is 0 Å². The van der Waals surface area contributed by atoms with Crippen LogP contribution in [0.4, 0.5) is 0 Å². The number of carbonyl (C=O) groups excluding carboxylic acids is 1. The molecule has 0 amide bonds. The van der Waals surface area contributed by atoms with Gasteiger partial charge in [0, 0.05) is 29.7 Å². The number of cyclic esters (lactones) is 1. The second kappa shape index (κ2) is 9.23. The first-order valence-electron chi connectivity index (χ1n) is 14.6. The number of carbonyl (C=O) groups is 1. The molecule has 6 rings (SSSR count). The van der Waals surface area contributed by atoms with Gasteiger partial charge < -0.3 is 39.7 Å². The lowest BCUT2D eigenvalue weighted by Crippen LogP contribution is -2.69. The van der Waals surface area contributed by atoms with Crippen LogP contribution in [0.25, 0.3) is 0 Å². The van der Waals surface area contributed by atoms with Crippen molar-refractivity contribution in [2.45, 2.75) is 120 Å². The average Bonchev–Trinajstić information content (AvgIpc) is 3.41. The summed E-state index contributed by atoms with van der Waals surface area (Å²) in [7, 11) is 0. The number of aliphatic hydroxyl groups is 5. The van der Waals surface area contributed by atoms with E-state index >= 15 is 0 Å². The SMILES string of the molecule is C[C@@H]1O[C@H](O[C@@H]2CC[C@]3(CO)[C@H]4CC[C@]5(C)[C@H](C6=CC(=O)OC6)CC[C@]5(O)[C@@H]4CC[C@]3(O)C2)C[C@@H](O)[C@H]1O. The van der Waals surface area contributed by atoms with E-state index in [2.05, 4.69) is 6.92 Å². The summed E-state index contributed by atoms with van der Waals surface area (Å²) in [5.41, 5.74) is -2.15. The highest BCUT2D eigenvalue weighted by Crippen LogP contribution is 2.70. The molecule has 0 aromatic rings. The fourth-order valence-electron chi connectivity index (χ4n) is 9.94. The van der Waals surface area contributed by atoms with E-state index in [0.717, 1.165) is 24.8 Å². The number of hydrogen-bond donors (Lipinski definition) is 5. The van der Waals surface area contributed by atoms with Crippen molar-refractivity contribution < 1.29 is 44.5 Å². The van der Waals surface area contributed by atoms with E-state index in [1.54, 1.807) is 13.0 Å². The number of aliphatic hydroxyl groups excluding tert-OH is 3. The summed E-state index contributed by atoms with van der Waals surface area (Å²) in [6.07, 6.45) is 4.24. The molecule has 6 aliphatic rings. The molecule has 5 N–H and O–H groups in total. The Bertz CT molecular complexity index is 973. The largest absolute Gasteiger partial charge is 0.458 e. The molecule has 5 fully saturated rings. The van der Waals surface area contributed by atoms with Crippen molar-refractivity contribution >= 4 is 5.97 Å². The minimum Gasteiger partial charge on any atom is -0.458 e. The van der Waals surface area contributed by atoms with Crippen LogP contribution < -0.4 is 0 Å². The van der Waals surface area contributed by atoms with Crippen LogP contribution in [0.5, 0.6) is 0 Å². The molecular formula is C29H44O9. The third-order valence-electron chi connectivity index (χ3n) is 12.1. The van der Waals surface area contributed by atoms with Gasteiger partial charge in [0.25, 0.3) is 0 Å². The van der Waals surface area contributed by atoms with E-state index < -0.39 is 41.2 Å². The summed E-state index contributed by atoms with van der Waals surface area (Å²) in [5, 5.41) is 55.6. The smallest absolute Gasteiger partial charge is 0.331 e. The molecule has 0 spiro atoms. The fourth-order valence-corrected chi connectivity index (χ4v) is 9.94. The number of hydrogen-bond acceptors (Lipinski definition) is 9. The minimum absolute atomic E-state index is 0.0117. The summed E-state index contributed by atoms with van der Waals surface area (Å²) < 4.78 is 17.2. The van der Waals surface area contributed by atoms with Crippen molar-refractivity contribution in [1.29, 1.82) is 0 Å².